The molecular formula is C18H9F3N2O3. The number of hydrogen-bond donors (Lipinski definition) is 0. The molecule has 0 spiro atoms. The first-order chi connectivity index (χ1) is 12.4. The molecule has 0 atom stereocenters. The van der Waals surface area contributed by atoms with Gasteiger partial charge in [-0.3, -0.25) is 9.78 Å². The fourth-order valence-corrected chi connectivity index (χ4v) is 2.79. The van der Waals surface area contributed by atoms with Gasteiger partial charge in [-0.25, -0.2) is 9.36 Å². The summed E-state index contributed by atoms with van der Waals surface area (Å²) in [5.74, 6) is -1.000. The highest BCUT2D eigenvalue weighted by molar-refractivity contribution is 5.89. The highest BCUT2D eigenvalue weighted by Gasteiger charge is 2.31. The summed E-state index contributed by atoms with van der Waals surface area (Å²) in [6, 6.07) is 9.28. The van der Waals surface area contributed by atoms with Gasteiger partial charge in [0.1, 0.15) is 5.58 Å². The Morgan fingerprint density at radius 1 is 0.962 bits per heavy atom. The number of fused-ring (bicyclic) bond motifs is 2. The van der Waals surface area contributed by atoms with Gasteiger partial charge in [-0.15, -0.1) is 0 Å². The van der Waals surface area contributed by atoms with E-state index in [4.69, 9.17) is 4.42 Å². The molecule has 0 fully saturated rings. The average molecular weight is 358 g/mol. The van der Waals surface area contributed by atoms with Gasteiger partial charge in [0, 0.05) is 17.0 Å². The molecule has 0 amide bonds. The van der Waals surface area contributed by atoms with E-state index in [1.165, 1.54) is 6.20 Å². The molecular weight excluding hydrogens is 349 g/mol. The third-order valence-electron chi connectivity index (χ3n) is 4.01. The van der Waals surface area contributed by atoms with Crippen molar-refractivity contribution in [1.82, 2.24) is 9.55 Å². The molecule has 0 aliphatic rings. The van der Waals surface area contributed by atoms with E-state index >= 15 is 0 Å². The number of alkyl halides is 3. The fraction of sp³-hybridized carbons (Fsp3) is 0.0556. The maximum absolute atomic E-state index is 12.9. The van der Waals surface area contributed by atoms with Crippen molar-refractivity contribution in [2.75, 3.05) is 0 Å². The Kier molecular flexibility index (Phi) is 3.43. The van der Waals surface area contributed by atoms with E-state index in [1.807, 2.05) is 0 Å². The van der Waals surface area contributed by atoms with Crippen LogP contribution in [0.5, 0.6) is 0 Å². The number of rotatable bonds is 1. The summed E-state index contributed by atoms with van der Waals surface area (Å²) in [4.78, 5) is 29.1. The SMILES string of the molecule is O=c1oc2ccc(C(F)(F)F)cc2c(=O)n1-c1cncc2ccccc12. The lowest BCUT2D eigenvalue weighted by Gasteiger charge is -2.10. The van der Waals surface area contributed by atoms with Crippen molar-refractivity contribution in [3.8, 4) is 5.69 Å². The lowest BCUT2D eigenvalue weighted by Crippen LogP contribution is -2.31. The minimum absolute atomic E-state index is 0.140. The van der Waals surface area contributed by atoms with E-state index in [-0.39, 0.29) is 16.7 Å². The summed E-state index contributed by atoms with van der Waals surface area (Å²) in [6.07, 6.45) is -1.78. The number of halogens is 3. The maximum atomic E-state index is 12.9. The van der Waals surface area contributed by atoms with E-state index in [0.29, 0.717) is 21.4 Å². The van der Waals surface area contributed by atoms with Gasteiger partial charge in [-0.2, -0.15) is 13.2 Å². The smallest absolute Gasteiger partial charge is 0.409 e. The van der Waals surface area contributed by atoms with E-state index in [0.717, 1.165) is 12.1 Å². The van der Waals surface area contributed by atoms with Crippen LogP contribution in [0.15, 0.2) is 68.9 Å². The molecule has 0 saturated carbocycles. The predicted octanol–water partition coefficient (Wildman–Crippen LogP) is 3.51. The van der Waals surface area contributed by atoms with Gasteiger partial charge >= 0.3 is 11.9 Å². The molecule has 4 rings (SSSR count). The highest BCUT2D eigenvalue weighted by Crippen LogP contribution is 2.30. The van der Waals surface area contributed by atoms with Crippen molar-refractivity contribution < 1.29 is 17.6 Å². The minimum atomic E-state index is -4.62. The van der Waals surface area contributed by atoms with Crippen LogP contribution in [-0.4, -0.2) is 9.55 Å². The molecule has 2 aromatic heterocycles. The summed E-state index contributed by atoms with van der Waals surface area (Å²) < 4.78 is 44.6. The molecule has 0 saturated heterocycles. The third kappa shape index (κ3) is 2.46. The molecule has 0 radical (unpaired) electrons. The van der Waals surface area contributed by atoms with Crippen LogP contribution in [-0.2, 0) is 6.18 Å². The number of benzene rings is 2. The van der Waals surface area contributed by atoms with Gasteiger partial charge in [-0.05, 0) is 18.2 Å². The average Bonchev–Trinajstić information content (AvgIpc) is 2.61. The van der Waals surface area contributed by atoms with E-state index in [1.54, 1.807) is 30.5 Å². The monoisotopic (exact) mass is 358 g/mol. The first kappa shape index (κ1) is 16.1. The molecule has 8 heteroatoms. The summed E-state index contributed by atoms with van der Waals surface area (Å²) in [5, 5.41) is 0.871. The minimum Gasteiger partial charge on any atom is -0.409 e. The number of hydrogen-bond acceptors (Lipinski definition) is 4. The number of pyridine rings is 1. The molecule has 4 aromatic rings. The topological polar surface area (TPSA) is 65.1 Å². The van der Waals surface area contributed by atoms with Crippen LogP contribution in [0, 0.1) is 0 Å². The van der Waals surface area contributed by atoms with E-state index in [2.05, 4.69) is 4.98 Å². The molecule has 26 heavy (non-hydrogen) atoms. The van der Waals surface area contributed by atoms with Crippen LogP contribution < -0.4 is 11.3 Å². The van der Waals surface area contributed by atoms with Crippen LogP contribution in [0.2, 0.25) is 0 Å². The largest absolute Gasteiger partial charge is 0.427 e. The summed E-state index contributed by atoms with van der Waals surface area (Å²) >= 11 is 0. The van der Waals surface area contributed by atoms with Crippen molar-refractivity contribution in [2.24, 2.45) is 0 Å². The Bertz CT molecular complexity index is 1270. The molecule has 2 heterocycles. The Hall–Kier alpha value is -3.42. The summed E-state index contributed by atoms with van der Waals surface area (Å²) in [7, 11) is 0. The second-order valence-corrected chi connectivity index (χ2v) is 5.60. The summed E-state index contributed by atoms with van der Waals surface area (Å²) in [5.41, 5.74) is -1.97. The van der Waals surface area contributed by atoms with Gasteiger partial charge < -0.3 is 4.42 Å². The normalized spacial score (nSPS) is 12.0. The zero-order chi connectivity index (χ0) is 18.5. The molecule has 0 N–H and O–H groups in total. The molecule has 130 valence electrons. The van der Waals surface area contributed by atoms with Gasteiger partial charge in [0.15, 0.2) is 0 Å². The second kappa shape index (κ2) is 5.55. The predicted molar refractivity (Wildman–Crippen MR) is 88.4 cm³/mol. The van der Waals surface area contributed by atoms with Crippen molar-refractivity contribution in [3.63, 3.8) is 0 Å². The molecule has 0 aliphatic carbocycles. The van der Waals surface area contributed by atoms with Gasteiger partial charge in [0.25, 0.3) is 5.56 Å². The second-order valence-electron chi connectivity index (χ2n) is 5.60. The Morgan fingerprint density at radius 3 is 2.50 bits per heavy atom. The van der Waals surface area contributed by atoms with Gasteiger partial charge in [-0.1, -0.05) is 24.3 Å². The Labute approximate surface area is 142 Å². The van der Waals surface area contributed by atoms with Crippen molar-refractivity contribution in [3.05, 3.63) is 81.3 Å². The van der Waals surface area contributed by atoms with Crippen LogP contribution in [0.4, 0.5) is 13.2 Å². The third-order valence-corrected chi connectivity index (χ3v) is 4.01. The molecule has 0 aliphatic heterocycles. The standard InChI is InChI=1S/C18H9F3N2O3/c19-18(20,21)11-5-6-15-13(7-11)16(24)23(17(25)26-15)14-9-22-8-10-3-1-2-4-12(10)14/h1-9H. The van der Waals surface area contributed by atoms with Gasteiger partial charge in [0.05, 0.1) is 22.8 Å². The van der Waals surface area contributed by atoms with Crippen molar-refractivity contribution in [2.45, 2.75) is 6.18 Å². The Morgan fingerprint density at radius 2 is 1.73 bits per heavy atom. The van der Waals surface area contributed by atoms with E-state index in [9.17, 15) is 22.8 Å². The zero-order valence-electron chi connectivity index (χ0n) is 12.9. The van der Waals surface area contributed by atoms with Crippen LogP contribution in [0.1, 0.15) is 5.56 Å². The number of aromatic nitrogens is 2. The lowest BCUT2D eigenvalue weighted by atomic mass is 10.1. The molecule has 0 bridgehead atoms. The van der Waals surface area contributed by atoms with Crippen LogP contribution in [0.25, 0.3) is 27.4 Å². The van der Waals surface area contributed by atoms with Crippen molar-refractivity contribution in [1.29, 1.82) is 0 Å². The first-order valence-electron chi connectivity index (χ1n) is 7.46. The van der Waals surface area contributed by atoms with Gasteiger partial charge in [0.2, 0.25) is 0 Å². The fourth-order valence-electron chi connectivity index (χ4n) is 2.79. The maximum Gasteiger partial charge on any atom is 0.427 e. The van der Waals surface area contributed by atoms with E-state index < -0.39 is 23.1 Å². The molecule has 0 unspecified atom stereocenters. The number of nitrogens with zero attached hydrogens (tertiary/aromatic N) is 2. The zero-order valence-corrected chi connectivity index (χ0v) is 12.9. The highest BCUT2D eigenvalue weighted by atomic mass is 19.4. The van der Waals surface area contributed by atoms with Crippen molar-refractivity contribution >= 4 is 21.7 Å². The quantitative estimate of drug-likeness (QED) is 0.522. The molecule has 2 aromatic carbocycles. The Balaban J connectivity index is 2.10. The van der Waals surface area contributed by atoms with Crippen LogP contribution in [0.3, 0.4) is 0 Å². The first-order valence-corrected chi connectivity index (χ1v) is 7.46. The lowest BCUT2D eigenvalue weighted by molar-refractivity contribution is -0.137. The molecule has 5 nitrogen and oxygen atoms in total. The van der Waals surface area contributed by atoms with Crippen LogP contribution >= 0.6 is 0 Å². The summed E-state index contributed by atoms with van der Waals surface area (Å²) in [6.45, 7) is 0.